The van der Waals surface area contributed by atoms with Crippen LogP contribution < -0.4 is 14.8 Å². The molecule has 0 radical (unpaired) electrons. The third kappa shape index (κ3) is 3.97. The van der Waals surface area contributed by atoms with E-state index in [0.29, 0.717) is 25.6 Å². The lowest BCUT2D eigenvalue weighted by atomic mass is 10.1. The van der Waals surface area contributed by atoms with Crippen LogP contribution in [0, 0.1) is 0 Å². The van der Waals surface area contributed by atoms with Crippen molar-refractivity contribution in [3.05, 3.63) is 54.2 Å². The molecule has 2 aromatic carbocycles. The van der Waals surface area contributed by atoms with Gasteiger partial charge in [0.25, 0.3) is 0 Å². The minimum atomic E-state index is -0.0633. The summed E-state index contributed by atoms with van der Waals surface area (Å²) in [5, 5.41) is 4.06. The van der Waals surface area contributed by atoms with Gasteiger partial charge in [-0.3, -0.25) is 4.79 Å². The second-order valence-electron chi connectivity index (χ2n) is 6.80. The van der Waals surface area contributed by atoms with Crippen molar-refractivity contribution in [1.82, 2.24) is 4.57 Å². The van der Waals surface area contributed by atoms with E-state index in [-0.39, 0.29) is 12.3 Å². The molecule has 6 nitrogen and oxygen atoms in total. The number of hydrogen-bond donors (Lipinski definition) is 1. The van der Waals surface area contributed by atoms with Crippen molar-refractivity contribution in [3.8, 4) is 11.5 Å². The van der Waals surface area contributed by atoms with Crippen molar-refractivity contribution in [1.29, 1.82) is 0 Å². The number of carbonyl (C=O) groups is 1. The zero-order valence-corrected chi connectivity index (χ0v) is 15.9. The van der Waals surface area contributed by atoms with Gasteiger partial charge in [0.2, 0.25) is 5.91 Å². The van der Waals surface area contributed by atoms with E-state index in [1.165, 1.54) is 0 Å². The topological polar surface area (TPSA) is 61.7 Å². The van der Waals surface area contributed by atoms with E-state index >= 15 is 0 Å². The maximum atomic E-state index is 12.6. The monoisotopic (exact) mass is 380 g/mol. The van der Waals surface area contributed by atoms with E-state index in [0.717, 1.165) is 40.9 Å². The van der Waals surface area contributed by atoms with Crippen LogP contribution in [0.15, 0.2) is 48.7 Å². The van der Waals surface area contributed by atoms with Crippen LogP contribution in [0.2, 0.25) is 0 Å². The summed E-state index contributed by atoms with van der Waals surface area (Å²) in [7, 11) is 1.69. The molecule has 1 aromatic heterocycles. The van der Waals surface area contributed by atoms with Crippen LogP contribution in [0.4, 0.5) is 5.69 Å². The number of carbonyl (C=O) groups excluding carboxylic acids is 1. The van der Waals surface area contributed by atoms with Crippen LogP contribution in [0.5, 0.6) is 11.5 Å². The summed E-state index contributed by atoms with van der Waals surface area (Å²) >= 11 is 0. The number of nitrogens with one attached hydrogen (secondary N) is 1. The number of aromatic nitrogens is 1. The molecule has 0 saturated carbocycles. The van der Waals surface area contributed by atoms with Gasteiger partial charge in [0.15, 0.2) is 11.5 Å². The second-order valence-corrected chi connectivity index (χ2v) is 6.80. The minimum absolute atomic E-state index is 0.0633. The molecule has 0 aliphatic carbocycles. The zero-order chi connectivity index (χ0) is 19.3. The van der Waals surface area contributed by atoms with Gasteiger partial charge < -0.3 is 24.1 Å². The third-order valence-corrected chi connectivity index (χ3v) is 4.80. The van der Waals surface area contributed by atoms with Crippen LogP contribution in [0.25, 0.3) is 10.9 Å². The first-order chi connectivity index (χ1) is 13.7. The molecule has 1 amide bonds. The molecule has 0 saturated heterocycles. The summed E-state index contributed by atoms with van der Waals surface area (Å²) in [6, 6.07) is 13.6. The number of amides is 1. The van der Waals surface area contributed by atoms with Crippen LogP contribution in [-0.4, -0.2) is 37.4 Å². The highest BCUT2D eigenvalue weighted by atomic mass is 16.5. The summed E-state index contributed by atoms with van der Waals surface area (Å²) in [6.45, 7) is 2.70. The molecule has 1 N–H and O–H groups in total. The maximum absolute atomic E-state index is 12.6. The summed E-state index contributed by atoms with van der Waals surface area (Å²) in [5.41, 5.74) is 2.78. The number of nitrogens with zero attached hydrogens (tertiary/aromatic N) is 1. The van der Waals surface area contributed by atoms with Gasteiger partial charge in [-0.2, -0.15) is 0 Å². The van der Waals surface area contributed by atoms with E-state index < -0.39 is 0 Å². The smallest absolute Gasteiger partial charge is 0.228 e. The van der Waals surface area contributed by atoms with Crippen molar-refractivity contribution < 1.29 is 19.0 Å². The number of hydrogen-bond acceptors (Lipinski definition) is 4. The Balaban J connectivity index is 1.48. The van der Waals surface area contributed by atoms with E-state index in [1.807, 2.05) is 48.7 Å². The highest BCUT2D eigenvalue weighted by Crippen LogP contribution is 2.31. The molecule has 28 heavy (non-hydrogen) atoms. The summed E-state index contributed by atoms with van der Waals surface area (Å²) in [4.78, 5) is 12.6. The molecule has 6 heteroatoms. The lowest BCUT2D eigenvalue weighted by Crippen LogP contribution is -2.14. The molecule has 0 unspecified atom stereocenters. The van der Waals surface area contributed by atoms with Gasteiger partial charge in [0, 0.05) is 31.7 Å². The summed E-state index contributed by atoms with van der Waals surface area (Å²) in [6.07, 6.45) is 3.15. The molecule has 1 aliphatic rings. The van der Waals surface area contributed by atoms with Gasteiger partial charge in [-0.15, -0.1) is 0 Å². The fraction of sp³-hybridized carbons (Fsp3) is 0.318. The van der Waals surface area contributed by atoms with Gasteiger partial charge in [-0.1, -0.05) is 12.1 Å². The lowest BCUT2D eigenvalue weighted by Gasteiger charge is -2.11. The second kappa shape index (κ2) is 8.35. The molecule has 2 heterocycles. The van der Waals surface area contributed by atoms with Crippen molar-refractivity contribution >= 4 is 22.5 Å². The molecule has 0 spiro atoms. The highest BCUT2D eigenvalue weighted by Gasteiger charge is 2.13. The van der Waals surface area contributed by atoms with Crippen LogP contribution >= 0.6 is 0 Å². The van der Waals surface area contributed by atoms with E-state index in [9.17, 15) is 4.79 Å². The summed E-state index contributed by atoms with van der Waals surface area (Å²) in [5.74, 6) is 1.38. The quantitative estimate of drug-likeness (QED) is 0.709. The molecule has 0 fully saturated rings. The van der Waals surface area contributed by atoms with Crippen LogP contribution in [-0.2, 0) is 22.5 Å². The Bertz CT molecular complexity index is 980. The van der Waals surface area contributed by atoms with Crippen molar-refractivity contribution in [2.45, 2.75) is 19.4 Å². The number of anilines is 1. The molecular formula is C22H24N2O4. The Hall–Kier alpha value is -2.99. The Kier molecular flexibility index (Phi) is 5.48. The van der Waals surface area contributed by atoms with Gasteiger partial charge in [0.05, 0.1) is 37.4 Å². The van der Waals surface area contributed by atoms with E-state index in [4.69, 9.17) is 14.2 Å². The molecule has 0 bridgehead atoms. The first kappa shape index (κ1) is 18.4. The standard InChI is InChI=1S/C22H24N2O4/c1-26-13-10-24-9-8-17-18(4-2-5-19(17)24)23-22(25)15-16-6-7-20-21(14-16)28-12-3-11-27-20/h2,4-9,14H,3,10-13,15H2,1H3,(H,23,25). The maximum Gasteiger partial charge on any atom is 0.228 e. The van der Waals surface area contributed by atoms with Gasteiger partial charge in [-0.05, 0) is 35.9 Å². The van der Waals surface area contributed by atoms with Crippen molar-refractivity contribution in [3.63, 3.8) is 0 Å². The van der Waals surface area contributed by atoms with Gasteiger partial charge in [0.1, 0.15) is 0 Å². The normalized spacial score (nSPS) is 13.3. The summed E-state index contributed by atoms with van der Waals surface area (Å²) < 4.78 is 18.6. The Morgan fingerprint density at radius 3 is 2.86 bits per heavy atom. The largest absolute Gasteiger partial charge is 0.490 e. The van der Waals surface area contributed by atoms with Crippen LogP contribution in [0.1, 0.15) is 12.0 Å². The van der Waals surface area contributed by atoms with Gasteiger partial charge >= 0.3 is 0 Å². The SMILES string of the molecule is COCCn1ccc2c(NC(=O)Cc3ccc4c(c3)OCCCO4)cccc21. The molecular weight excluding hydrogens is 356 g/mol. The predicted octanol–water partition coefficient (Wildman–Crippen LogP) is 3.63. The molecule has 3 aromatic rings. The van der Waals surface area contributed by atoms with Crippen molar-refractivity contribution in [2.24, 2.45) is 0 Å². The molecule has 146 valence electrons. The molecule has 0 atom stereocenters. The fourth-order valence-corrected chi connectivity index (χ4v) is 3.41. The number of benzene rings is 2. The average molecular weight is 380 g/mol. The van der Waals surface area contributed by atoms with Gasteiger partial charge in [-0.25, -0.2) is 0 Å². The third-order valence-electron chi connectivity index (χ3n) is 4.80. The number of rotatable bonds is 6. The zero-order valence-electron chi connectivity index (χ0n) is 15.9. The highest BCUT2D eigenvalue weighted by molar-refractivity contribution is 6.02. The Morgan fingerprint density at radius 1 is 1.14 bits per heavy atom. The molecule has 4 rings (SSSR count). The van der Waals surface area contributed by atoms with E-state index in [2.05, 4.69) is 9.88 Å². The fourth-order valence-electron chi connectivity index (χ4n) is 3.41. The first-order valence-corrected chi connectivity index (χ1v) is 9.50. The molecule has 1 aliphatic heterocycles. The number of ether oxygens (including phenoxy) is 3. The minimum Gasteiger partial charge on any atom is -0.490 e. The lowest BCUT2D eigenvalue weighted by molar-refractivity contribution is -0.115. The van der Waals surface area contributed by atoms with E-state index in [1.54, 1.807) is 7.11 Å². The first-order valence-electron chi connectivity index (χ1n) is 9.50. The Labute approximate surface area is 164 Å². The average Bonchev–Trinajstić information content (AvgIpc) is 2.97. The number of fused-ring (bicyclic) bond motifs is 2. The van der Waals surface area contributed by atoms with Crippen LogP contribution in [0.3, 0.4) is 0 Å². The van der Waals surface area contributed by atoms with Crippen molar-refractivity contribution in [2.75, 3.05) is 32.2 Å². The Morgan fingerprint density at radius 2 is 2.00 bits per heavy atom. The predicted molar refractivity (Wildman–Crippen MR) is 108 cm³/mol. The number of methoxy groups -OCH3 is 1.